The molecule has 0 spiro atoms. The number of nitro benzene ring substituents is 1. The molecule has 0 N–H and O–H groups in total. The second kappa shape index (κ2) is 7.44. The van der Waals surface area contributed by atoms with Crippen LogP contribution in [0.15, 0.2) is 53.4 Å². The average Bonchev–Trinajstić information content (AvgIpc) is 2.55. The summed E-state index contributed by atoms with van der Waals surface area (Å²) in [6.45, 7) is 3.81. The molecule has 0 aromatic heterocycles. The summed E-state index contributed by atoms with van der Waals surface area (Å²) >= 11 is 0. The van der Waals surface area contributed by atoms with Gasteiger partial charge < -0.3 is 0 Å². The van der Waals surface area contributed by atoms with E-state index in [1.807, 2.05) is 6.92 Å². The van der Waals surface area contributed by atoms with E-state index in [-0.39, 0.29) is 11.4 Å². The lowest BCUT2D eigenvalue weighted by molar-refractivity contribution is -0.387. The van der Waals surface area contributed by atoms with Gasteiger partial charge in [-0.1, -0.05) is 43.7 Å². The van der Waals surface area contributed by atoms with Crippen molar-refractivity contribution in [1.29, 1.82) is 0 Å². The summed E-state index contributed by atoms with van der Waals surface area (Å²) in [7, 11) is -4.04. The van der Waals surface area contributed by atoms with E-state index in [0.29, 0.717) is 17.7 Å². The fraction of sp³-hybridized carbons (Fsp3) is 0.294. The van der Waals surface area contributed by atoms with Crippen molar-refractivity contribution >= 4 is 21.4 Å². The Hall–Kier alpha value is -2.41. The molecule has 0 saturated heterocycles. The summed E-state index contributed by atoms with van der Waals surface area (Å²) in [6, 6.07) is 13.0. The van der Waals surface area contributed by atoms with Crippen LogP contribution in [0.5, 0.6) is 0 Å². The molecule has 0 aliphatic carbocycles. The summed E-state index contributed by atoms with van der Waals surface area (Å²) in [6.07, 6.45) is 1.47. The predicted octanol–water partition coefficient (Wildman–Crippen LogP) is 3.90. The van der Waals surface area contributed by atoms with E-state index < -0.39 is 20.6 Å². The van der Waals surface area contributed by atoms with Gasteiger partial charge >= 0.3 is 0 Å². The number of hydrogen-bond donors (Lipinski definition) is 0. The molecule has 0 fully saturated rings. The second-order valence-electron chi connectivity index (χ2n) is 5.45. The maximum absolute atomic E-state index is 13.2. The molecule has 0 heterocycles. The number of nitro groups is 1. The minimum atomic E-state index is -4.04. The molecular weight excluding hydrogens is 328 g/mol. The third-order valence-electron chi connectivity index (χ3n) is 3.69. The fourth-order valence-electron chi connectivity index (χ4n) is 2.51. The third kappa shape index (κ3) is 3.56. The van der Waals surface area contributed by atoms with Crippen molar-refractivity contribution in [2.75, 3.05) is 10.8 Å². The van der Waals surface area contributed by atoms with Gasteiger partial charge in [0.25, 0.3) is 15.7 Å². The van der Waals surface area contributed by atoms with Gasteiger partial charge in [-0.3, -0.25) is 14.4 Å². The number of unbranched alkanes of at least 4 members (excludes halogenated alkanes) is 1. The van der Waals surface area contributed by atoms with Crippen molar-refractivity contribution in [3.8, 4) is 0 Å². The molecule has 6 nitrogen and oxygen atoms in total. The monoisotopic (exact) mass is 348 g/mol. The molecule has 0 saturated carbocycles. The summed E-state index contributed by atoms with van der Waals surface area (Å²) in [5.41, 5.74) is 0.470. The van der Waals surface area contributed by atoms with Crippen LogP contribution in [-0.2, 0) is 10.0 Å². The molecule has 7 heteroatoms. The Labute approximate surface area is 141 Å². The highest BCUT2D eigenvalue weighted by molar-refractivity contribution is 7.93. The van der Waals surface area contributed by atoms with Crippen LogP contribution < -0.4 is 4.31 Å². The quantitative estimate of drug-likeness (QED) is 0.561. The molecule has 0 atom stereocenters. The Balaban J connectivity index is 2.63. The summed E-state index contributed by atoms with van der Waals surface area (Å²) < 4.78 is 27.7. The first-order valence-corrected chi connectivity index (χ1v) is 9.15. The number of sulfonamides is 1. The highest BCUT2D eigenvalue weighted by atomic mass is 32.2. The predicted molar refractivity (Wildman–Crippen MR) is 93.7 cm³/mol. The largest absolute Gasteiger partial charge is 0.290 e. The van der Waals surface area contributed by atoms with Gasteiger partial charge in [-0.2, -0.15) is 0 Å². The minimum absolute atomic E-state index is 0.241. The van der Waals surface area contributed by atoms with Crippen molar-refractivity contribution in [3.05, 3.63) is 64.2 Å². The van der Waals surface area contributed by atoms with Gasteiger partial charge in [0.05, 0.1) is 10.6 Å². The Kier molecular flexibility index (Phi) is 5.56. The summed E-state index contributed by atoms with van der Waals surface area (Å²) in [5.74, 6) is 0. The number of anilines is 1. The van der Waals surface area contributed by atoms with Gasteiger partial charge in [-0.05, 0) is 31.0 Å². The van der Waals surface area contributed by atoms with Gasteiger partial charge in [-0.15, -0.1) is 0 Å². The second-order valence-corrected chi connectivity index (χ2v) is 7.25. The molecule has 0 aliphatic heterocycles. The van der Waals surface area contributed by atoms with Crippen molar-refractivity contribution < 1.29 is 13.3 Å². The third-order valence-corrected chi connectivity index (χ3v) is 5.72. The zero-order valence-corrected chi connectivity index (χ0v) is 14.5. The number of benzene rings is 2. The Morgan fingerprint density at radius 1 is 1.08 bits per heavy atom. The van der Waals surface area contributed by atoms with Crippen molar-refractivity contribution in [1.82, 2.24) is 0 Å². The molecule has 0 bridgehead atoms. The first kappa shape index (κ1) is 17.9. The van der Waals surface area contributed by atoms with Gasteiger partial charge in [0, 0.05) is 12.6 Å². The van der Waals surface area contributed by atoms with Crippen molar-refractivity contribution in [2.45, 2.75) is 31.6 Å². The number of nitrogens with zero attached hydrogens (tertiary/aromatic N) is 2. The topological polar surface area (TPSA) is 80.5 Å². The Morgan fingerprint density at radius 2 is 1.75 bits per heavy atom. The van der Waals surface area contributed by atoms with Gasteiger partial charge in [0.2, 0.25) is 0 Å². The van der Waals surface area contributed by atoms with E-state index in [0.717, 1.165) is 6.42 Å². The van der Waals surface area contributed by atoms with E-state index in [1.165, 1.54) is 16.4 Å². The lowest BCUT2D eigenvalue weighted by atomic mass is 10.2. The van der Waals surface area contributed by atoms with Gasteiger partial charge in [0.1, 0.15) is 0 Å². The number of aryl methyl sites for hydroxylation is 1. The SMILES string of the molecule is CCCCN(c1ccccc1)S(=O)(=O)c1c(C)cccc1[N+](=O)[O-]. The van der Waals surface area contributed by atoms with Gasteiger partial charge in [0.15, 0.2) is 4.90 Å². The minimum Gasteiger partial charge on any atom is -0.266 e. The molecule has 0 radical (unpaired) electrons. The standard InChI is InChI=1S/C17H20N2O4S/c1-3-4-13-18(15-10-6-5-7-11-15)24(22,23)17-14(2)9-8-12-16(17)19(20)21/h5-12H,3-4,13H2,1-2H3. The molecule has 0 unspecified atom stereocenters. The number of para-hydroxylation sites is 1. The van der Waals surface area contributed by atoms with Crippen molar-refractivity contribution in [3.63, 3.8) is 0 Å². The molecule has 24 heavy (non-hydrogen) atoms. The molecular formula is C17H20N2O4S. The first-order chi connectivity index (χ1) is 11.4. The Morgan fingerprint density at radius 3 is 2.33 bits per heavy atom. The smallest absolute Gasteiger partial charge is 0.266 e. The molecule has 2 rings (SSSR count). The van der Waals surface area contributed by atoms with Crippen LogP contribution in [0.25, 0.3) is 0 Å². The van der Waals surface area contributed by atoms with Gasteiger partial charge in [-0.25, -0.2) is 8.42 Å². The molecule has 2 aromatic rings. The van der Waals surface area contributed by atoms with Crippen LogP contribution in [0.4, 0.5) is 11.4 Å². The molecule has 2 aromatic carbocycles. The lowest BCUT2D eigenvalue weighted by Gasteiger charge is -2.25. The average molecular weight is 348 g/mol. The van der Waals surface area contributed by atoms with Crippen LogP contribution in [0.3, 0.4) is 0 Å². The van der Waals surface area contributed by atoms with E-state index in [9.17, 15) is 18.5 Å². The maximum atomic E-state index is 13.2. The number of rotatable bonds is 7. The zero-order chi connectivity index (χ0) is 17.7. The molecule has 0 aliphatic rings. The maximum Gasteiger partial charge on any atom is 0.290 e. The van der Waals surface area contributed by atoms with Crippen LogP contribution >= 0.6 is 0 Å². The number of hydrogen-bond acceptors (Lipinski definition) is 4. The highest BCUT2D eigenvalue weighted by Crippen LogP contribution is 2.32. The summed E-state index contributed by atoms with van der Waals surface area (Å²) in [5, 5.41) is 11.3. The highest BCUT2D eigenvalue weighted by Gasteiger charge is 2.33. The van der Waals surface area contributed by atoms with E-state index >= 15 is 0 Å². The van der Waals surface area contributed by atoms with E-state index in [4.69, 9.17) is 0 Å². The zero-order valence-electron chi connectivity index (χ0n) is 13.7. The lowest BCUT2D eigenvalue weighted by Crippen LogP contribution is -2.33. The van der Waals surface area contributed by atoms with E-state index in [1.54, 1.807) is 43.3 Å². The summed E-state index contributed by atoms with van der Waals surface area (Å²) in [4.78, 5) is 10.4. The van der Waals surface area contributed by atoms with Crippen LogP contribution in [-0.4, -0.2) is 19.9 Å². The first-order valence-electron chi connectivity index (χ1n) is 7.71. The van der Waals surface area contributed by atoms with Crippen LogP contribution in [0.1, 0.15) is 25.3 Å². The van der Waals surface area contributed by atoms with E-state index in [2.05, 4.69) is 0 Å². The molecule has 128 valence electrons. The van der Waals surface area contributed by atoms with Crippen molar-refractivity contribution in [2.24, 2.45) is 0 Å². The Bertz CT molecular complexity index is 820. The molecule has 0 amide bonds. The normalized spacial score (nSPS) is 11.2. The fourth-order valence-corrected chi connectivity index (χ4v) is 4.38. The van der Waals surface area contributed by atoms with Crippen LogP contribution in [0.2, 0.25) is 0 Å². The van der Waals surface area contributed by atoms with Crippen LogP contribution in [0, 0.1) is 17.0 Å².